The number of nitrogens with one attached hydrogen (secondary N) is 1. The van der Waals surface area contributed by atoms with Crippen molar-refractivity contribution in [2.24, 2.45) is 0 Å². The molecule has 7 nitrogen and oxygen atoms in total. The SMILES string of the molecule is C[C@@H]1CN(S(=O)(=O)N2CCC(NC(=O)c3ccccc3)CC2)C[C@H](C)O1. The number of carbonyl (C=O) groups is 1. The van der Waals surface area contributed by atoms with Crippen LogP contribution in [0.2, 0.25) is 0 Å². The van der Waals surface area contributed by atoms with E-state index >= 15 is 0 Å². The van der Waals surface area contributed by atoms with Gasteiger partial charge in [0.05, 0.1) is 12.2 Å². The van der Waals surface area contributed by atoms with E-state index in [9.17, 15) is 13.2 Å². The minimum absolute atomic E-state index is 0.00306. The fourth-order valence-corrected chi connectivity index (χ4v) is 5.37. The Kier molecular flexibility index (Phi) is 5.96. The van der Waals surface area contributed by atoms with Crippen LogP contribution in [0.5, 0.6) is 0 Å². The summed E-state index contributed by atoms with van der Waals surface area (Å²) in [5, 5.41) is 3.01. The van der Waals surface area contributed by atoms with Gasteiger partial charge >= 0.3 is 0 Å². The highest BCUT2D eigenvalue weighted by Crippen LogP contribution is 2.21. The van der Waals surface area contributed by atoms with Crippen LogP contribution in [0.3, 0.4) is 0 Å². The molecule has 1 amide bonds. The van der Waals surface area contributed by atoms with Crippen LogP contribution in [-0.4, -0.2) is 67.4 Å². The molecule has 8 heteroatoms. The summed E-state index contributed by atoms with van der Waals surface area (Å²) in [6.07, 6.45) is 1.04. The smallest absolute Gasteiger partial charge is 0.282 e. The number of rotatable bonds is 4. The fourth-order valence-electron chi connectivity index (χ4n) is 3.57. The zero-order valence-corrected chi connectivity index (χ0v) is 16.1. The number of nitrogens with zero attached hydrogens (tertiary/aromatic N) is 2. The van der Waals surface area contributed by atoms with Gasteiger partial charge in [0.1, 0.15) is 0 Å². The largest absolute Gasteiger partial charge is 0.373 e. The van der Waals surface area contributed by atoms with E-state index in [0.717, 1.165) is 0 Å². The van der Waals surface area contributed by atoms with E-state index in [2.05, 4.69) is 5.32 Å². The summed E-state index contributed by atoms with van der Waals surface area (Å²) in [5.74, 6) is -0.109. The van der Waals surface area contributed by atoms with Crippen molar-refractivity contribution in [1.29, 1.82) is 0 Å². The molecule has 0 aromatic heterocycles. The monoisotopic (exact) mass is 381 g/mol. The van der Waals surface area contributed by atoms with Gasteiger partial charge in [-0.3, -0.25) is 4.79 Å². The van der Waals surface area contributed by atoms with Gasteiger partial charge in [-0.2, -0.15) is 17.0 Å². The quantitative estimate of drug-likeness (QED) is 0.851. The fraction of sp³-hybridized carbons (Fsp3) is 0.611. The normalized spacial score (nSPS) is 26.5. The molecular formula is C18H27N3O4S. The summed E-state index contributed by atoms with van der Waals surface area (Å²) in [7, 11) is -3.48. The molecule has 0 bridgehead atoms. The van der Waals surface area contributed by atoms with E-state index < -0.39 is 10.2 Å². The molecule has 2 aliphatic heterocycles. The predicted octanol–water partition coefficient (Wildman–Crippen LogP) is 1.23. The number of piperidine rings is 1. The number of benzene rings is 1. The molecule has 2 heterocycles. The highest BCUT2D eigenvalue weighted by molar-refractivity contribution is 7.86. The number of carbonyl (C=O) groups excluding carboxylic acids is 1. The van der Waals surface area contributed by atoms with Gasteiger partial charge in [-0.05, 0) is 38.8 Å². The second kappa shape index (κ2) is 8.04. The second-order valence-electron chi connectivity index (χ2n) is 7.09. The zero-order chi connectivity index (χ0) is 18.7. The Morgan fingerprint density at radius 1 is 1.04 bits per heavy atom. The maximum atomic E-state index is 12.9. The van der Waals surface area contributed by atoms with E-state index in [1.807, 2.05) is 32.0 Å². The lowest BCUT2D eigenvalue weighted by Crippen LogP contribution is -2.55. The van der Waals surface area contributed by atoms with Crippen LogP contribution in [-0.2, 0) is 14.9 Å². The molecule has 0 aliphatic carbocycles. The molecule has 1 aromatic rings. The first kappa shape index (κ1) is 19.3. The number of ether oxygens (including phenoxy) is 1. The number of morpholine rings is 1. The van der Waals surface area contributed by atoms with Crippen molar-refractivity contribution in [1.82, 2.24) is 13.9 Å². The molecule has 1 aromatic carbocycles. The summed E-state index contributed by atoms with van der Waals surface area (Å²) >= 11 is 0. The predicted molar refractivity (Wildman–Crippen MR) is 99.0 cm³/mol. The molecule has 3 rings (SSSR count). The lowest BCUT2D eigenvalue weighted by Gasteiger charge is -2.39. The van der Waals surface area contributed by atoms with E-state index in [1.165, 1.54) is 8.61 Å². The van der Waals surface area contributed by atoms with E-state index in [1.54, 1.807) is 12.1 Å². The molecule has 2 aliphatic rings. The van der Waals surface area contributed by atoms with Gasteiger partial charge in [0, 0.05) is 37.8 Å². The summed E-state index contributed by atoms with van der Waals surface area (Å²) in [4.78, 5) is 12.2. The van der Waals surface area contributed by atoms with E-state index in [-0.39, 0.29) is 24.2 Å². The van der Waals surface area contributed by atoms with Crippen molar-refractivity contribution < 1.29 is 17.9 Å². The maximum absolute atomic E-state index is 12.9. The molecule has 144 valence electrons. The Morgan fingerprint density at radius 2 is 1.62 bits per heavy atom. The van der Waals surface area contributed by atoms with Gasteiger partial charge in [0.2, 0.25) is 0 Å². The van der Waals surface area contributed by atoms with Crippen LogP contribution in [0.1, 0.15) is 37.0 Å². The molecule has 26 heavy (non-hydrogen) atoms. The summed E-state index contributed by atoms with van der Waals surface area (Å²) in [6, 6.07) is 9.07. The summed E-state index contributed by atoms with van der Waals surface area (Å²) in [6.45, 7) is 5.39. The molecule has 0 spiro atoms. The first-order valence-corrected chi connectivity index (χ1v) is 10.5. The van der Waals surface area contributed by atoms with Crippen LogP contribution in [0, 0.1) is 0 Å². The lowest BCUT2D eigenvalue weighted by molar-refractivity contribution is -0.0456. The highest BCUT2D eigenvalue weighted by Gasteiger charge is 2.37. The molecule has 1 N–H and O–H groups in total. The topological polar surface area (TPSA) is 79.0 Å². The zero-order valence-electron chi connectivity index (χ0n) is 15.3. The van der Waals surface area contributed by atoms with Crippen molar-refractivity contribution >= 4 is 16.1 Å². The van der Waals surface area contributed by atoms with Gasteiger partial charge in [0.15, 0.2) is 0 Å². The molecule has 2 fully saturated rings. The molecule has 0 unspecified atom stereocenters. The molecule has 0 radical (unpaired) electrons. The lowest BCUT2D eigenvalue weighted by atomic mass is 10.1. The second-order valence-corrected chi connectivity index (χ2v) is 9.02. The third kappa shape index (κ3) is 4.43. The Labute approximate surface area is 155 Å². The average Bonchev–Trinajstić information content (AvgIpc) is 2.62. The number of hydrogen-bond donors (Lipinski definition) is 1. The van der Waals surface area contributed by atoms with Crippen LogP contribution in [0.15, 0.2) is 30.3 Å². The Bertz CT molecular complexity index is 707. The Morgan fingerprint density at radius 3 is 2.19 bits per heavy atom. The van der Waals surface area contributed by atoms with Crippen molar-refractivity contribution in [3.05, 3.63) is 35.9 Å². The molecule has 2 saturated heterocycles. The van der Waals surface area contributed by atoms with E-state index in [0.29, 0.717) is 44.6 Å². The van der Waals surface area contributed by atoms with Gasteiger partial charge in [0.25, 0.3) is 16.1 Å². The first-order chi connectivity index (χ1) is 12.4. The van der Waals surface area contributed by atoms with Crippen LogP contribution in [0.25, 0.3) is 0 Å². The van der Waals surface area contributed by atoms with Gasteiger partial charge in [-0.15, -0.1) is 0 Å². The third-order valence-corrected chi connectivity index (χ3v) is 6.83. The van der Waals surface area contributed by atoms with Crippen molar-refractivity contribution in [3.8, 4) is 0 Å². The minimum atomic E-state index is -3.48. The van der Waals surface area contributed by atoms with E-state index in [4.69, 9.17) is 4.74 Å². The number of amides is 1. The highest BCUT2D eigenvalue weighted by atomic mass is 32.2. The van der Waals surface area contributed by atoms with Crippen molar-refractivity contribution in [3.63, 3.8) is 0 Å². The molecule has 0 saturated carbocycles. The van der Waals surface area contributed by atoms with Gasteiger partial charge in [-0.1, -0.05) is 18.2 Å². The van der Waals surface area contributed by atoms with Crippen LogP contribution < -0.4 is 5.32 Å². The summed E-state index contributed by atoms with van der Waals surface area (Å²) in [5.41, 5.74) is 0.624. The summed E-state index contributed by atoms with van der Waals surface area (Å²) < 4.78 is 34.5. The third-order valence-electron chi connectivity index (χ3n) is 4.86. The van der Waals surface area contributed by atoms with Crippen LogP contribution >= 0.6 is 0 Å². The van der Waals surface area contributed by atoms with Gasteiger partial charge in [-0.25, -0.2) is 0 Å². The Hall–Kier alpha value is -1.48. The molecular weight excluding hydrogens is 354 g/mol. The standard InChI is InChI=1S/C18H27N3O4S/c1-14-12-21(13-15(2)25-14)26(23,24)20-10-8-17(9-11-20)19-18(22)16-6-4-3-5-7-16/h3-7,14-15,17H,8-13H2,1-2H3,(H,19,22)/t14-,15+. The van der Waals surface area contributed by atoms with Crippen molar-refractivity contribution in [2.75, 3.05) is 26.2 Å². The maximum Gasteiger partial charge on any atom is 0.282 e. The van der Waals surface area contributed by atoms with Crippen LogP contribution in [0.4, 0.5) is 0 Å². The van der Waals surface area contributed by atoms with Gasteiger partial charge < -0.3 is 10.1 Å². The first-order valence-electron chi connectivity index (χ1n) is 9.13. The Balaban J connectivity index is 1.55. The molecule has 2 atom stereocenters. The number of hydrogen-bond acceptors (Lipinski definition) is 4. The average molecular weight is 381 g/mol. The van der Waals surface area contributed by atoms with Crippen molar-refractivity contribution in [2.45, 2.75) is 44.9 Å². The minimum Gasteiger partial charge on any atom is -0.373 e.